The van der Waals surface area contributed by atoms with Gasteiger partial charge in [-0.3, -0.25) is 19.7 Å². The standard InChI is InChI=1S/C44H59N3O10S/c1-25(2)40(50)56-35-23-37(49)47(8)31-21-28(22-32(53-9)38(31)29-14-16-30(17-15-29)45-36(48)18-19-42(5,6)58)20-26(3)12-11-13-34(54-10)44(52)24-33(55-41(51)46-44)27(4)39-43(35,7)57-39/h11-17,21-22,25,27,33-35,39,52,58H,18-20,23-24H2,1-10H3,(H,45,48)(H,46,51)/b13-11+,26-12+/t27-,33+,34-,35+,39+,43+,44+/m1/s1. The number of hydrogen-bond acceptors (Lipinski definition) is 11. The monoisotopic (exact) mass is 821 g/mol. The molecule has 2 aromatic carbocycles. The van der Waals surface area contributed by atoms with Gasteiger partial charge in [0.1, 0.15) is 29.7 Å². The molecule has 2 aromatic rings. The normalized spacial score (nSPS) is 29.3. The van der Waals surface area contributed by atoms with Crippen LogP contribution in [0, 0.1) is 11.8 Å². The van der Waals surface area contributed by atoms with E-state index in [4.69, 9.17) is 23.7 Å². The number of alkyl carbamates (subject to hydrolysis) is 1. The van der Waals surface area contributed by atoms with Crippen LogP contribution in [0.25, 0.3) is 11.1 Å². The highest BCUT2D eigenvalue weighted by Crippen LogP contribution is 2.49. The molecule has 4 bridgehead atoms. The average molecular weight is 822 g/mol. The van der Waals surface area contributed by atoms with Gasteiger partial charge < -0.3 is 39.0 Å². The van der Waals surface area contributed by atoms with E-state index in [0.29, 0.717) is 42.0 Å². The number of ether oxygens (including phenoxy) is 5. The Morgan fingerprint density at radius 1 is 1.16 bits per heavy atom. The fraction of sp³-hybridized carbons (Fsp3) is 0.545. The number of methoxy groups -OCH3 is 2. The Labute approximate surface area is 347 Å². The van der Waals surface area contributed by atoms with Gasteiger partial charge in [-0.25, -0.2) is 4.79 Å². The molecule has 7 atom stereocenters. The SMILES string of the molecule is COc1cc2cc(c1-c1ccc(NC(=O)CCC(C)(C)S)cc1)N(C)C(=O)C[C@H](OC(=O)C(C)C)[C@]1(C)O[C@H]1[C@H](C)[C@@H]1C[C@@](O)(NC(=O)O1)[C@H](OC)/C=C/C=C(\C)C2. The number of aliphatic hydroxyl groups is 1. The first-order valence-corrected chi connectivity index (χ1v) is 20.2. The summed E-state index contributed by atoms with van der Waals surface area (Å²) in [6.07, 6.45) is 2.38. The second-order valence-electron chi connectivity index (χ2n) is 16.9. The minimum absolute atomic E-state index is 0.0182. The predicted molar refractivity (Wildman–Crippen MR) is 225 cm³/mol. The van der Waals surface area contributed by atoms with Crippen molar-refractivity contribution >= 4 is 47.9 Å². The molecule has 2 fully saturated rings. The summed E-state index contributed by atoms with van der Waals surface area (Å²) in [4.78, 5) is 54.8. The number of anilines is 2. The second-order valence-corrected chi connectivity index (χ2v) is 18.1. The van der Waals surface area contributed by atoms with Gasteiger partial charge in [0.25, 0.3) is 0 Å². The maximum atomic E-state index is 14.5. The molecular formula is C44H59N3O10S. The number of rotatable bonds is 9. The Bertz CT molecular complexity index is 1920. The van der Waals surface area contributed by atoms with Crippen LogP contribution in [0.3, 0.4) is 0 Å². The van der Waals surface area contributed by atoms with Crippen LogP contribution < -0.4 is 20.3 Å². The number of amides is 3. The second kappa shape index (κ2) is 17.9. The molecule has 0 radical (unpaired) electrons. The van der Waals surface area contributed by atoms with Crippen LogP contribution in [0.15, 0.2) is 60.2 Å². The lowest BCUT2D eigenvalue weighted by Gasteiger charge is -2.42. The van der Waals surface area contributed by atoms with Gasteiger partial charge >= 0.3 is 12.1 Å². The van der Waals surface area contributed by atoms with E-state index in [1.165, 1.54) is 7.11 Å². The maximum Gasteiger partial charge on any atom is 0.409 e. The Kier molecular flexibility index (Phi) is 13.8. The van der Waals surface area contributed by atoms with Crippen molar-refractivity contribution in [1.82, 2.24) is 5.32 Å². The summed E-state index contributed by atoms with van der Waals surface area (Å²) in [6, 6.07) is 11.2. The fourth-order valence-electron chi connectivity index (χ4n) is 7.59. The molecular weight excluding hydrogens is 763 g/mol. The highest BCUT2D eigenvalue weighted by atomic mass is 32.1. The van der Waals surface area contributed by atoms with Crippen molar-refractivity contribution in [2.45, 2.75) is 121 Å². The van der Waals surface area contributed by atoms with E-state index in [9.17, 15) is 24.3 Å². The first-order valence-electron chi connectivity index (χ1n) is 19.7. The number of thiol groups is 1. The maximum absolute atomic E-state index is 14.5. The van der Waals surface area contributed by atoms with Crippen LogP contribution in [0.4, 0.5) is 16.2 Å². The zero-order valence-electron chi connectivity index (χ0n) is 35.2. The first kappa shape index (κ1) is 44.7. The van der Waals surface area contributed by atoms with Gasteiger partial charge in [-0.1, -0.05) is 70.6 Å². The van der Waals surface area contributed by atoms with Crippen LogP contribution >= 0.6 is 12.6 Å². The lowest BCUT2D eigenvalue weighted by molar-refractivity contribution is -0.157. The number of esters is 1. The number of nitrogens with zero attached hydrogens (tertiary/aromatic N) is 1. The third-order valence-corrected chi connectivity index (χ3v) is 11.4. The van der Waals surface area contributed by atoms with Gasteiger partial charge in [0, 0.05) is 48.9 Å². The van der Waals surface area contributed by atoms with E-state index in [0.717, 1.165) is 16.7 Å². The summed E-state index contributed by atoms with van der Waals surface area (Å²) >= 11 is 4.53. The molecule has 5 rings (SSSR count). The molecule has 14 heteroatoms. The molecule has 3 heterocycles. The third kappa shape index (κ3) is 10.4. The summed E-state index contributed by atoms with van der Waals surface area (Å²) < 4.78 is 29.4. The van der Waals surface area contributed by atoms with Crippen LogP contribution in [-0.4, -0.2) is 90.7 Å². The summed E-state index contributed by atoms with van der Waals surface area (Å²) in [7, 11) is 4.69. The number of nitrogens with one attached hydrogen (secondary N) is 2. The zero-order chi connectivity index (χ0) is 42.7. The van der Waals surface area contributed by atoms with E-state index in [2.05, 4.69) is 23.3 Å². The molecule has 0 saturated carbocycles. The van der Waals surface area contributed by atoms with Crippen LogP contribution in [0.1, 0.15) is 79.7 Å². The highest BCUT2D eigenvalue weighted by Gasteiger charge is 2.64. The van der Waals surface area contributed by atoms with Crippen molar-refractivity contribution in [3.8, 4) is 16.9 Å². The molecule has 13 nitrogen and oxygen atoms in total. The molecule has 3 amide bonds. The number of carbonyl (C=O) groups is 4. The number of fused-ring (bicyclic) bond motifs is 5. The minimum Gasteiger partial charge on any atom is -0.496 e. The molecule has 0 unspecified atom stereocenters. The number of allylic oxidation sites excluding steroid dienone is 3. The Balaban J connectivity index is 1.59. The van der Waals surface area contributed by atoms with E-state index in [-0.39, 0.29) is 29.4 Å². The summed E-state index contributed by atoms with van der Waals surface area (Å²) in [5, 5.41) is 17.3. The number of benzene rings is 2. The van der Waals surface area contributed by atoms with Crippen molar-refractivity contribution in [1.29, 1.82) is 0 Å². The fourth-order valence-corrected chi connectivity index (χ4v) is 7.70. The Morgan fingerprint density at radius 3 is 2.47 bits per heavy atom. The number of epoxide rings is 1. The van der Waals surface area contributed by atoms with E-state index in [1.54, 1.807) is 52.0 Å². The van der Waals surface area contributed by atoms with Gasteiger partial charge in [0.2, 0.25) is 11.8 Å². The molecule has 0 aliphatic carbocycles. The van der Waals surface area contributed by atoms with Gasteiger partial charge in [-0.2, -0.15) is 12.6 Å². The average Bonchev–Trinajstić information content (AvgIpc) is 3.85. The van der Waals surface area contributed by atoms with Crippen LogP contribution in [-0.2, 0) is 39.8 Å². The highest BCUT2D eigenvalue weighted by molar-refractivity contribution is 7.81. The lowest BCUT2D eigenvalue weighted by atomic mass is 9.83. The minimum atomic E-state index is -1.80. The molecule has 0 spiro atoms. The third-order valence-electron chi connectivity index (χ3n) is 11.2. The van der Waals surface area contributed by atoms with Crippen LogP contribution in [0.5, 0.6) is 5.75 Å². The Morgan fingerprint density at radius 2 is 1.84 bits per heavy atom. The quantitative estimate of drug-likeness (QED) is 0.121. The first-order chi connectivity index (χ1) is 27.2. The molecule has 2 saturated heterocycles. The van der Waals surface area contributed by atoms with Gasteiger partial charge in [-0.05, 0) is 62.1 Å². The summed E-state index contributed by atoms with van der Waals surface area (Å²) in [5.41, 5.74) is 1.45. The van der Waals surface area contributed by atoms with E-state index < -0.39 is 59.6 Å². The number of hydrogen-bond donors (Lipinski definition) is 4. The van der Waals surface area contributed by atoms with Gasteiger partial charge in [0.05, 0.1) is 31.2 Å². The number of carbonyl (C=O) groups excluding carboxylic acids is 4. The summed E-state index contributed by atoms with van der Waals surface area (Å²) in [6.45, 7) is 12.9. The largest absolute Gasteiger partial charge is 0.496 e. The zero-order valence-corrected chi connectivity index (χ0v) is 36.1. The summed E-state index contributed by atoms with van der Waals surface area (Å²) in [5.74, 6) is -1.39. The van der Waals surface area contributed by atoms with E-state index >= 15 is 0 Å². The predicted octanol–water partition coefficient (Wildman–Crippen LogP) is 6.76. The molecule has 3 aliphatic heterocycles. The molecule has 316 valence electrons. The van der Waals surface area contributed by atoms with E-state index in [1.807, 2.05) is 70.2 Å². The van der Waals surface area contributed by atoms with Gasteiger partial charge in [-0.15, -0.1) is 0 Å². The van der Waals surface area contributed by atoms with Gasteiger partial charge in [0.15, 0.2) is 5.72 Å². The molecule has 3 aliphatic rings. The van der Waals surface area contributed by atoms with Crippen molar-refractivity contribution in [3.63, 3.8) is 0 Å². The molecule has 0 aromatic heterocycles. The van der Waals surface area contributed by atoms with Crippen molar-refractivity contribution in [2.75, 3.05) is 31.5 Å². The lowest BCUT2D eigenvalue weighted by Crippen LogP contribution is -2.63. The van der Waals surface area contributed by atoms with Crippen molar-refractivity contribution < 1.29 is 48.0 Å². The molecule has 58 heavy (non-hydrogen) atoms. The van der Waals surface area contributed by atoms with Crippen LogP contribution in [0.2, 0.25) is 0 Å². The van der Waals surface area contributed by atoms with Crippen molar-refractivity contribution in [3.05, 3.63) is 65.8 Å². The molecule has 3 N–H and O–H groups in total. The Hall–Kier alpha value is -4.37. The van der Waals surface area contributed by atoms with Crippen molar-refractivity contribution in [2.24, 2.45) is 11.8 Å². The smallest absolute Gasteiger partial charge is 0.409 e. The topological polar surface area (TPSA) is 165 Å².